The first-order chi connectivity index (χ1) is 11.7. The number of benzene rings is 1. The van der Waals surface area contributed by atoms with Gasteiger partial charge >= 0.3 is 6.03 Å². The Morgan fingerprint density at radius 2 is 1.83 bits per heavy atom. The second-order valence-corrected chi connectivity index (χ2v) is 5.49. The van der Waals surface area contributed by atoms with Gasteiger partial charge in [0, 0.05) is 31.3 Å². The van der Waals surface area contributed by atoms with Crippen LogP contribution in [0.2, 0.25) is 0 Å². The smallest absolute Gasteiger partial charge is 0.314 e. The molecule has 6 heteroatoms. The second-order valence-electron chi connectivity index (χ2n) is 5.49. The summed E-state index contributed by atoms with van der Waals surface area (Å²) in [6.07, 6.45) is 2.66. The highest BCUT2D eigenvalue weighted by Crippen LogP contribution is 2.14. The minimum Gasteiger partial charge on any atom is -0.338 e. The van der Waals surface area contributed by atoms with Gasteiger partial charge in [-0.05, 0) is 32.3 Å². The molecule has 0 saturated heterocycles. The molecule has 0 spiro atoms. The molecule has 1 heterocycles. The molecule has 0 fully saturated rings. The molecule has 0 saturated carbocycles. The van der Waals surface area contributed by atoms with Crippen LogP contribution in [0.3, 0.4) is 0 Å². The highest BCUT2D eigenvalue weighted by Gasteiger charge is 2.03. The molecular formula is C18H24N4O2. The number of aryl methyl sites for hydroxylation is 1. The van der Waals surface area contributed by atoms with Crippen LogP contribution in [0, 0.1) is 0 Å². The van der Waals surface area contributed by atoms with Gasteiger partial charge in [0.1, 0.15) is 0 Å². The van der Waals surface area contributed by atoms with Crippen LogP contribution in [0.15, 0.2) is 47.3 Å². The number of amides is 2. The number of hydrogen-bond donors (Lipinski definition) is 2. The van der Waals surface area contributed by atoms with Crippen molar-refractivity contribution in [1.82, 2.24) is 20.4 Å². The Labute approximate surface area is 141 Å². The molecule has 2 N–H and O–H groups in total. The highest BCUT2D eigenvalue weighted by atomic mass is 16.2. The quantitative estimate of drug-likeness (QED) is 0.731. The monoisotopic (exact) mass is 328 g/mol. The second kappa shape index (κ2) is 9.50. The van der Waals surface area contributed by atoms with E-state index >= 15 is 0 Å². The number of unbranched alkanes of at least 4 members (excludes halogenated alkanes) is 2. The average molecular weight is 328 g/mol. The van der Waals surface area contributed by atoms with E-state index in [-0.39, 0.29) is 11.6 Å². The third-order valence-electron chi connectivity index (χ3n) is 3.61. The molecule has 1 aromatic heterocycles. The first kappa shape index (κ1) is 17.7. The van der Waals surface area contributed by atoms with Gasteiger partial charge in [0.25, 0.3) is 5.56 Å². The van der Waals surface area contributed by atoms with Crippen molar-refractivity contribution in [3.8, 4) is 11.3 Å². The summed E-state index contributed by atoms with van der Waals surface area (Å²) in [5.74, 6) is 0. The maximum Gasteiger partial charge on any atom is 0.314 e. The topological polar surface area (TPSA) is 76.0 Å². The molecule has 2 rings (SSSR count). The standard InChI is InChI=1S/C18H24N4O2/c1-2-19-18(24)20-13-7-4-8-14-22-17(23)12-11-16(21-22)15-9-5-3-6-10-15/h3,5-6,9-12H,2,4,7-8,13-14H2,1H3,(H2,19,20,24). The van der Waals surface area contributed by atoms with E-state index in [9.17, 15) is 9.59 Å². The van der Waals surface area contributed by atoms with Gasteiger partial charge < -0.3 is 10.6 Å². The number of nitrogens with zero attached hydrogens (tertiary/aromatic N) is 2. The van der Waals surface area contributed by atoms with Gasteiger partial charge in [-0.1, -0.05) is 30.3 Å². The number of rotatable bonds is 8. The Kier molecular flexibility index (Phi) is 7.01. The van der Waals surface area contributed by atoms with Crippen LogP contribution in [0.5, 0.6) is 0 Å². The number of carbonyl (C=O) groups is 1. The van der Waals surface area contributed by atoms with Gasteiger partial charge in [0.05, 0.1) is 5.69 Å². The fraction of sp³-hybridized carbons (Fsp3) is 0.389. The van der Waals surface area contributed by atoms with E-state index in [2.05, 4.69) is 15.7 Å². The zero-order valence-electron chi connectivity index (χ0n) is 14.0. The maximum absolute atomic E-state index is 11.9. The van der Waals surface area contributed by atoms with E-state index in [1.54, 1.807) is 12.1 Å². The van der Waals surface area contributed by atoms with Crippen molar-refractivity contribution in [3.63, 3.8) is 0 Å². The number of urea groups is 1. The van der Waals surface area contributed by atoms with Gasteiger partial charge in [-0.25, -0.2) is 9.48 Å². The van der Waals surface area contributed by atoms with Gasteiger partial charge in [0.15, 0.2) is 0 Å². The first-order valence-electron chi connectivity index (χ1n) is 8.36. The molecule has 24 heavy (non-hydrogen) atoms. The van der Waals surface area contributed by atoms with Crippen LogP contribution in [-0.4, -0.2) is 28.9 Å². The maximum atomic E-state index is 11.9. The van der Waals surface area contributed by atoms with Gasteiger partial charge in [-0.15, -0.1) is 0 Å². The van der Waals surface area contributed by atoms with Crippen LogP contribution in [0.25, 0.3) is 11.3 Å². The predicted octanol–water partition coefficient (Wildman–Crippen LogP) is 2.40. The third kappa shape index (κ3) is 5.53. The number of aromatic nitrogens is 2. The molecule has 0 radical (unpaired) electrons. The molecule has 2 amide bonds. The van der Waals surface area contributed by atoms with E-state index in [1.165, 1.54) is 4.68 Å². The zero-order chi connectivity index (χ0) is 17.2. The molecule has 6 nitrogen and oxygen atoms in total. The molecule has 0 aliphatic rings. The van der Waals surface area contributed by atoms with E-state index in [0.717, 1.165) is 30.5 Å². The SMILES string of the molecule is CCNC(=O)NCCCCCn1nc(-c2ccccc2)ccc1=O. The minimum absolute atomic E-state index is 0.0878. The van der Waals surface area contributed by atoms with Crippen LogP contribution in [0.4, 0.5) is 4.79 Å². The molecule has 0 bridgehead atoms. The van der Waals surface area contributed by atoms with E-state index < -0.39 is 0 Å². The first-order valence-corrected chi connectivity index (χ1v) is 8.36. The summed E-state index contributed by atoms with van der Waals surface area (Å²) < 4.78 is 1.51. The Bertz CT molecular complexity index is 698. The van der Waals surface area contributed by atoms with Crippen molar-refractivity contribution in [2.45, 2.75) is 32.7 Å². The predicted molar refractivity (Wildman–Crippen MR) is 94.9 cm³/mol. The summed E-state index contributed by atoms with van der Waals surface area (Å²) in [5.41, 5.74) is 1.71. The molecule has 0 atom stereocenters. The minimum atomic E-state index is -0.133. The molecule has 2 aromatic rings. The van der Waals surface area contributed by atoms with Gasteiger partial charge in [0.2, 0.25) is 0 Å². The summed E-state index contributed by atoms with van der Waals surface area (Å²) in [4.78, 5) is 23.2. The molecule has 0 unspecified atom stereocenters. The summed E-state index contributed by atoms with van der Waals surface area (Å²) >= 11 is 0. The lowest BCUT2D eigenvalue weighted by atomic mass is 10.1. The number of nitrogens with one attached hydrogen (secondary N) is 2. The van der Waals surface area contributed by atoms with Crippen molar-refractivity contribution < 1.29 is 4.79 Å². The van der Waals surface area contributed by atoms with Crippen molar-refractivity contribution in [2.24, 2.45) is 0 Å². The highest BCUT2D eigenvalue weighted by molar-refractivity contribution is 5.73. The van der Waals surface area contributed by atoms with Crippen LogP contribution < -0.4 is 16.2 Å². The van der Waals surface area contributed by atoms with Crippen molar-refractivity contribution in [2.75, 3.05) is 13.1 Å². The molecule has 128 valence electrons. The molecule has 0 aliphatic carbocycles. The molecule has 0 aliphatic heterocycles. The van der Waals surface area contributed by atoms with E-state index in [1.807, 2.05) is 37.3 Å². The summed E-state index contributed by atoms with van der Waals surface area (Å²) in [6.45, 7) is 3.73. The fourth-order valence-corrected chi connectivity index (χ4v) is 2.36. The lowest BCUT2D eigenvalue weighted by Gasteiger charge is -2.08. The van der Waals surface area contributed by atoms with E-state index in [4.69, 9.17) is 0 Å². The normalized spacial score (nSPS) is 10.4. The van der Waals surface area contributed by atoms with Gasteiger partial charge in [-0.3, -0.25) is 4.79 Å². The van der Waals surface area contributed by atoms with E-state index in [0.29, 0.717) is 19.6 Å². The Hall–Kier alpha value is -2.63. The van der Waals surface area contributed by atoms with Gasteiger partial charge in [-0.2, -0.15) is 5.10 Å². The number of carbonyl (C=O) groups excluding carboxylic acids is 1. The van der Waals surface area contributed by atoms with Crippen molar-refractivity contribution >= 4 is 6.03 Å². The van der Waals surface area contributed by atoms with Crippen LogP contribution in [0.1, 0.15) is 26.2 Å². The fourth-order valence-electron chi connectivity index (χ4n) is 2.36. The van der Waals surface area contributed by atoms with Crippen LogP contribution >= 0.6 is 0 Å². The molecular weight excluding hydrogens is 304 g/mol. The zero-order valence-corrected chi connectivity index (χ0v) is 14.0. The summed E-state index contributed by atoms with van der Waals surface area (Å²) in [7, 11) is 0. The number of hydrogen-bond acceptors (Lipinski definition) is 3. The largest absolute Gasteiger partial charge is 0.338 e. The summed E-state index contributed by atoms with van der Waals surface area (Å²) in [5, 5.41) is 9.91. The van der Waals surface area contributed by atoms with Crippen LogP contribution in [-0.2, 0) is 6.54 Å². The van der Waals surface area contributed by atoms with Crippen molar-refractivity contribution in [3.05, 3.63) is 52.8 Å². The Morgan fingerprint density at radius 1 is 1.04 bits per heavy atom. The lowest BCUT2D eigenvalue weighted by Crippen LogP contribution is -2.35. The lowest BCUT2D eigenvalue weighted by molar-refractivity contribution is 0.241. The Morgan fingerprint density at radius 3 is 2.58 bits per heavy atom. The van der Waals surface area contributed by atoms with Crippen molar-refractivity contribution in [1.29, 1.82) is 0 Å². The Balaban J connectivity index is 1.80. The summed E-state index contributed by atoms with van der Waals surface area (Å²) in [6, 6.07) is 13.0. The third-order valence-corrected chi connectivity index (χ3v) is 3.61. The molecule has 1 aromatic carbocycles. The average Bonchev–Trinajstić information content (AvgIpc) is 2.60.